The molecule has 0 unspecified atom stereocenters. The molecule has 0 rings (SSSR count). The van der Waals surface area contributed by atoms with E-state index in [9.17, 15) is 53.0 Å². The summed E-state index contributed by atoms with van der Waals surface area (Å²) < 4.78 is 38.0. The second-order valence-electron chi connectivity index (χ2n) is 18.7. The number of phosphoric acid groups is 2. The molecule has 0 aromatic rings. The lowest BCUT2D eigenvalue weighted by atomic mass is 10.0. The second-order valence-corrected chi connectivity index (χ2v) is 21.2. The van der Waals surface area contributed by atoms with Gasteiger partial charge in [0, 0.05) is 19.4 Å². The molecule has 68 heavy (non-hydrogen) atoms. The van der Waals surface area contributed by atoms with Crippen molar-refractivity contribution < 1.29 is 66.8 Å². The van der Waals surface area contributed by atoms with Gasteiger partial charge < -0.3 is 45.4 Å². The van der Waals surface area contributed by atoms with Gasteiger partial charge in [0.1, 0.15) is 12.1 Å². The zero-order valence-corrected chi connectivity index (χ0v) is 44.3. The van der Waals surface area contributed by atoms with Gasteiger partial charge in [0.05, 0.1) is 38.2 Å². The number of unbranched alkanes of at least 4 members (excludes halogenated alkanes) is 24. The van der Waals surface area contributed by atoms with Gasteiger partial charge in [-0.3, -0.25) is 28.2 Å². The van der Waals surface area contributed by atoms with Crippen molar-refractivity contribution in [3.63, 3.8) is 0 Å². The van der Waals surface area contributed by atoms with Crippen molar-refractivity contribution in [3.05, 3.63) is 0 Å². The fourth-order valence-electron chi connectivity index (χ4n) is 8.09. The summed E-state index contributed by atoms with van der Waals surface area (Å²) >= 11 is 0. The Morgan fingerprint density at radius 2 is 0.941 bits per heavy atom. The smallest absolute Gasteiger partial charge is 0.462 e. The van der Waals surface area contributed by atoms with Crippen LogP contribution in [0.2, 0.25) is 0 Å². The predicted molar refractivity (Wildman–Crippen MR) is 267 cm³/mol. The number of hydrogen-bond acceptors (Lipinski definition) is 10. The van der Waals surface area contributed by atoms with E-state index in [-0.39, 0.29) is 51.0 Å². The van der Waals surface area contributed by atoms with Gasteiger partial charge in [-0.05, 0) is 38.5 Å². The van der Waals surface area contributed by atoms with Crippen molar-refractivity contribution in [2.45, 2.75) is 270 Å². The van der Waals surface area contributed by atoms with Crippen LogP contribution in [0.4, 0.5) is 0 Å². The highest BCUT2D eigenvalue weighted by Crippen LogP contribution is 2.36. The Hall–Kier alpha value is -1.94. The van der Waals surface area contributed by atoms with Gasteiger partial charge in [0.15, 0.2) is 0 Å². The summed E-state index contributed by atoms with van der Waals surface area (Å²) in [5.74, 6) is -2.17. The van der Waals surface area contributed by atoms with Gasteiger partial charge in [0.2, 0.25) is 17.7 Å². The van der Waals surface area contributed by atoms with Gasteiger partial charge in [0.25, 0.3) is 0 Å². The Bertz CT molecular complexity index is 1370. The standard InChI is InChI=1S/C49H97N3O14P2/c1-4-7-10-13-16-19-22-25-28-33-43(53)39-46(54)51-42(41-65-68(61,62)63)32-31-37-50-49(57)45(36-38-64-67(58,59)60)52-47(55)40-44(34-29-26-23-20-17-14-11-8-5-2)66-48(56)35-30-27-24-21-18-15-12-9-6-3/h42-45,53H,4-41H2,1-3H3,(H,50,57)(H,51,54)(H,52,55)(H2,58,59,60)(H2,61,62,63)/t42-,43-,44-,45-/m1/s1. The molecule has 0 aliphatic rings. The lowest BCUT2D eigenvalue weighted by Crippen LogP contribution is -2.48. The van der Waals surface area contributed by atoms with Crippen LogP contribution in [0.5, 0.6) is 0 Å². The Morgan fingerprint density at radius 3 is 1.43 bits per heavy atom. The molecule has 0 heterocycles. The van der Waals surface area contributed by atoms with E-state index in [4.69, 9.17) is 4.74 Å². The third kappa shape index (κ3) is 45.2. The molecule has 0 aliphatic carbocycles. The first-order chi connectivity index (χ1) is 32.5. The first-order valence-electron chi connectivity index (χ1n) is 26.6. The summed E-state index contributed by atoms with van der Waals surface area (Å²) in [6.45, 7) is 5.47. The molecule has 0 aliphatic heterocycles. The molecule has 0 saturated heterocycles. The molecule has 0 spiro atoms. The molecule has 8 N–H and O–H groups in total. The van der Waals surface area contributed by atoms with Crippen molar-refractivity contribution >= 4 is 39.3 Å². The topological polar surface area (TPSA) is 267 Å². The Morgan fingerprint density at radius 1 is 0.500 bits per heavy atom. The monoisotopic (exact) mass is 1010 g/mol. The van der Waals surface area contributed by atoms with Crippen LogP contribution in [0.15, 0.2) is 0 Å². The molecule has 0 bridgehead atoms. The van der Waals surface area contributed by atoms with Crippen LogP contribution in [0.3, 0.4) is 0 Å². The van der Waals surface area contributed by atoms with Gasteiger partial charge in [-0.1, -0.05) is 181 Å². The summed E-state index contributed by atoms with van der Waals surface area (Å²) in [6, 6.07) is -2.15. The van der Waals surface area contributed by atoms with Crippen molar-refractivity contribution in [3.8, 4) is 0 Å². The predicted octanol–water partition coefficient (Wildman–Crippen LogP) is 10.3. The molecule has 0 radical (unpaired) electrons. The summed E-state index contributed by atoms with van der Waals surface area (Å²) in [4.78, 5) is 89.8. The first-order valence-corrected chi connectivity index (χ1v) is 29.7. The molecule has 402 valence electrons. The van der Waals surface area contributed by atoms with Gasteiger partial charge >= 0.3 is 21.6 Å². The van der Waals surface area contributed by atoms with Crippen molar-refractivity contribution in [2.75, 3.05) is 19.8 Å². The van der Waals surface area contributed by atoms with Crippen LogP contribution in [0, 0.1) is 0 Å². The fourth-order valence-corrected chi connectivity index (χ4v) is 8.81. The maximum absolute atomic E-state index is 13.5. The third-order valence-corrected chi connectivity index (χ3v) is 13.0. The van der Waals surface area contributed by atoms with Crippen LogP contribution in [-0.2, 0) is 42.1 Å². The van der Waals surface area contributed by atoms with Gasteiger partial charge in [-0.15, -0.1) is 0 Å². The number of nitrogens with one attached hydrogen (secondary N) is 3. The van der Waals surface area contributed by atoms with E-state index >= 15 is 0 Å². The van der Waals surface area contributed by atoms with Gasteiger partial charge in [-0.25, -0.2) is 9.13 Å². The number of amides is 3. The van der Waals surface area contributed by atoms with E-state index in [1.807, 2.05) is 0 Å². The number of ether oxygens (including phenoxy) is 1. The van der Waals surface area contributed by atoms with Crippen LogP contribution in [0.25, 0.3) is 0 Å². The fraction of sp³-hybridized carbons (Fsp3) is 0.918. The number of phosphoric ester groups is 2. The van der Waals surface area contributed by atoms with E-state index in [1.165, 1.54) is 96.3 Å². The molecule has 17 nitrogen and oxygen atoms in total. The lowest BCUT2D eigenvalue weighted by Gasteiger charge is -2.22. The average Bonchev–Trinajstić information content (AvgIpc) is 3.26. The molecule has 19 heteroatoms. The normalized spacial score (nSPS) is 13.7. The highest BCUT2D eigenvalue weighted by atomic mass is 31.2. The van der Waals surface area contributed by atoms with Crippen LogP contribution in [-0.4, -0.2) is 92.4 Å². The summed E-state index contributed by atoms with van der Waals surface area (Å²) in [5.41, 5.74) is 0. The van der Waals surface area contributed by atoms with E-state index in [1.54, 1.807) is 0 Å². The zero-order chi connectivity index (χ0) is 50.7. The van der Waals surface area contributed by atoms with Crippen LogP contribution < -0.4 is 16.0 Å². The lowest BCUT2D eigenvalue weighted by molar-refractivity contribution is -0.151. The summed E-state index contributed by atoms with van der Waals surface area (Å²) in [7, 11) is -9.77. The Labute approximate surface area is 410 Å². The molecule has 0 aromatic heterocycles. The highest BCUT2D eigenvalue weighted by molar-refractivity contribution is 7.46. The maximum atomic E-state index is 13.5. The Kier molecular flexibility index (Phi) is 42.6. The third-order valence-electron chi connectivity index (χ3n) is 12.0. The minimum Gasteiger partial charge on any atom is -0.462 e. The number of carbonyl (C=O) groups excluding carboxylic acids is 4. The largest absolute Gasteiger partial charge is 0.469 e. The van der Waals surface area contributed by atoms with E-state index in [0.29, 0.717) is 19.3 Å². The summed E-state index contributed by atoms with van der Waals surface area (Å²) in [5, 5.41) is 18.4. The number of carbonyl (C=O) groups is 4. The molecular formula is C49H97N3O14P2. The highest BCUT2D eigenvalue weighted by Gasteiger charge is 2.26. The first kappa shape index (κ1) is 66.1. The SMILES string of the molecule is CCCCCCCCCCCC(=O)O[C@H](CCCCCCCCCCC)CC(=O)N[C@H](CCOP(=O)(O)O)C(=O)NCCC[C@H](COP(=O)(O)O)NC(=O)C[C@H](O)CCCCCCCCCCC. The number of esters is 1. The van der Waals surface area contributed by atoms with E-state index in [0.717, 1.165) is 70.6 Å². The molecule has 0 aromatic carbocycles. The summed E-state index contributed by atoms with van der Waals surface area (Å²) in [6.07, 6.45) is 29.0. The van der Waals surface area contributed by atoms with E-state index in [2.05, 4.69) is 45.8 Å². The molecule has 0 saturated carbocycles. The Balaban J connectivity index is 5.40. The minimum absolute atomic E-state index is 0.00817. The van der Waals surface area contributed by atoms with Crippen LogP contribution >= 0.6 is 15.6 Å². The van der Waals surface area contributed by atoms with Crippen molar-refractivity contribution in [1.82, 2.24) is 16.0 Å². The molecule has 4 atom stereocenters. The maximum Gasteiger partial charge on any atom is 0.469 e. The number of aliphatic hydroxyl groups is 1. The molecular weight excluding hydrogens is 916 g/mol. The average molecular weight is 1010 g/mol. The molecule has 0 fully saturated rings. The number of aliphatic hydroxyl groups excluding tert-OH is 1. The zero-order valence-electron chi connectivity index (χ0n) is 42.5. The van der Waals surface area contributed by atoms with Crippen molar-refractivity contribution in [2.24, 2.45) is 0 Å². The quantitative estimate of drug-likeness (QED) is 0.0160. The van der Waals surface area contributed by atoms with Gasteiger partial charge in [-0.2, -0.15) is 0 Å². The van der Waals surface area contributed by atoms with E-state index < -0.39 is 70.9 Å². The van der Waals surface area contributed by atoms with Crippen molar-refractivity contribution in [1.29, 1.82) is 0 Å². The number of hydrogen-bond donors (Lipinski definition) is 8. The number of rotatable bonds is 49. The molecule has 3 amide bonds. The van der Waals surface area contributed by atoms with Crippen LogP contribution in [0.1, 0.15) is 245 Å². The second kappa shape index (κ2) is 43.8. The minimum atomic E-state index is -4.89.